The van der Waals surface area contributed by atoms with E-state index in [9.17, 15) is 9.59 Å². The number of hydrogen-bond acceptors (Lipinski definition) is 4. The molecule has 1 heterocycles. The normalized spacial score (nSPS) is 11.0. The highest BCUT2D eigenvalue weighted by Gasteiger charge is 2.15. The smallest absolute Gasteiger partial charge is 0.338 e. The van der Waals surface area contributed by atoms with Gasteiger partial charge in [-0.1, -0.05) is 38.1 Å². The van der Waals surface area contributed by atoms with Crippen molar-refractivity contribution in [3.05, 3.63) is 101 Å². The van der Waals surface area contributed by atoms with Crippen molar-refractivity contribution in [2.24, 2.45) is 0 Å². The van der Waals surface area contributed by atoms with Gasteiger partial charge in [0, 0.05) is 24.2 Å². The zero-order chi connectivity index (χ0) is 22.9. The monoisotopic (exact) mass is 428 g/mol. The average molecular weight is 429 g/mol. The highest BCUT2D eigenvalue weighted by molar-refractivity contribution is 6.04. The number of nitrogens with zero attached hydrogens (tertiary/aromatic N) is 2. The summed E-state index contributed by atoms with van der Waals surface area (Å²) in [6.45, 7) is 6.77. The molecular formula is C27H28N2O3. The van der Waals surface area contributed by atoms with Crippen LogP contribution in [0.5, 0.6) is 0 Å². The zero-order valence-corrected chi connectivity index (χ0v) is 18.7. The first-order valence-electron chi connectivity index (χ1n) is 10.7. The maximum Gasteiger partial charge on any atom is 0.338 e. The summed E-state index contributed by atoms with van der Waals surface area (Å²) < 4.78 is 5.04. The molecule has 0 N–H and O–H groups in total. The summed E-state index contributed by atoms with van der Waals surface area (Å²) in [4.78, 5) is 30.8. The highest BCUT2D eigenvalue weighted by atomic mass is 16.5. The zero-order valence-electron chi connectivity index (χ0n) is 18.7. The summed E-state index contributed by atoms with van der Waals surface area (Å²) in [5.41, 5.74) is 4.32. The van der Waals surface area contributed by atoms with Crippen LogP contribution in [0, 0.1) is 0 Å². The van der Waals surface area contributed by atoms with Gasteiger partial charge >= 0.3 is 5.97 Å². The third kappa shape index (κ3) is 6.14. The number of carbonyl (C=O) groups excluding carboxylic acids is 2. The maximum absolute atomic E-state index is 13.1. The van der Waals surface area contributed by atoms with Gasteiger partial charge < -0.3 is 9.64 Å². The number of amides is 1. The van der Waals surface area contributed by atoms with E-state index in [0.717, 1.165) is 11.1 Å². The largest absolute Gasteiger partial charge is 0.462 e. The van der Waals surface area contributed by atoms with E-state index < -0.39 is 0 Å². The van der Waals surface area contributed by atoms with E-state index in [4.69, 9.17) is 4.74 Å². The van der Waals surface area contributed by atoms with E-state index in [-0.39, 0.29) is 11.9 Å². The minimum atomic E-state index is -0.379. The van der Waals surface area contributed by atoms with Gasteiger partial charge in [0.15, 0.2) is 0 Å². The second-order valence-corrected chi connectivity index (χ2v) is 7.70. The molecule has 0 aliphatic heterocycles. The van der Waals surface area contributed by atoms with E-state index in [2.05, 4.69) is 31.0 Å². The number of aromatic nitrogens is 1. The topological polar surface area (TPSA) is 59.5 Å². The molecular weight excluding hydrogens is 400 g/mol. The fourth-order valence-electron chi connectivity index (χ4n) is 3.21. The van der Waals surface area contributed by atoms with Crippen molar-refractivity contribution in [2.75, 3.05) is 11.5 Å². The molecule has 1 aromatic heterocycles. The second kappa shape index (κ2) is 11.0. The molecule has 164 valence electrons. The summed E-state index contributed by atoms with van der Waals surface area (Å²) in [5, 5.41) is 0. The van der Waals surface area contributed by atoms with E-state index in [1.165, 1.54) is 5.56 Å². The Morgan fingerprint density at radius 2 is 1.62 bits per heavy atom. The van der Waals surface area contributed by atoms with Crippen molar-refractivity contribution >= 4 is 23.6 Å². The molecule has 1 amide bonds. The number of rotatable bonds is 8. The van der Waals surface area contributed by atoms with Gasteiger partial charge in [-0.2, -0.15) is 0 Å². The van der Waals surface area contributed by atoms with E-state index >= 15 is 0 Å². The Balaban J connectivity index is 1.83. The minimum Gasteiger partial charge on any atom is -0.462 e. The number of carbonyl (C=O) groups is 2. The Kier molecular flexibility index (Phi) is 7.92. The van der Waals surface area contributed by atoms with Crippen molar-refractivity contribution in [1.29, 1.82) is 0 Å². The number of anilines is 1. The van der Waals surface area contributed by atoms with Crippen LogP contribution in [0.25, 0.3) is 6.08 Å². The van der Waals surface area contributed by atoms with Crippen LogP contribution in [0.1, 0.15) is 53.7 Å². The van der Waals surface area contributed by atoms with E-state index in [0.29, 0.717) is 30.3 Å². The maximum atomic E-state index is 13.1. The van der Waals surface area contributed by atoms with Gasteiger partial charge in [-0.05, 0) is 72.0 Å². The van der Waals surface area contributed by atoms with Crippen molar-refractivity contribution < 1.29 is 14.3 Å². The Morgan fingerprint density at radius 1 is 0.969 bits per heavy atom. The molecule has 3 rings (SSSR count). The molecule has 0 fully saturated rings. The van der Waals surface area contributed by atoms with Gasteiger partial charge in [0.25, 0.3) is 5.91 Å². The molecule has 0 saturated carbocycles. The third-order valence-electron chi connectivity index (χ3n) is 5.07. The van der Waals surface area contributed by atoms with Crippen LogP contribution in [0.2, 0.25) is 0 Å². The summed E-state index contributed by atoms with van der Waals surface area (Å²) in [6.07, 6.45) is 6.80. The lowest BCUT2D eigenvalue weighted by Gasteiger charge is -2.22. The van der Waals surface area contributed by atoms with Crippen LogP contribution in [0.3, 0.4) is 0 Å². The van der Waals surface area contributed by atoms with E-state index in [1.807, 2.05) is 30.3 Å². The van der Waals surface area contributed by atoms with Gasteiger partial charge in [-0.3, -0.25) is 9.78 Å². The fraction of sp³-hybridized carbons (Fsp3) is 0.222. The van der Waals surface area contributed by atoms with Crippen LogP contribution in [0.4, 0.5) is 5.69 Å². The Labute approximate surface area is 189 Å². The number of pyridine rings is 1. The predicted molar refractivity (Wildman–Crippen MR) is 127 cm³/mol. The lowest BCUT2D eigenvalue weighted by atomic mass is 10.0. The van der Waals surface area contributed by atoms with Gasteiger partial charge in [-0.25, -0.2) is 4.79 Å². The molecule has 0 aliphatic rings. The van der Waals surface area contributed by atoms with Crippen molar-refractivity contribution in [3.63, 3.8) is 0 Å². The first-order valence-corrected chi connectivity index (χ1v) is 10.7. The van der Waals surface area contributed by atoms with Crippen molar-refractivity contribution in [1.82, 2.24) is 4.98 Å². The van der Waals surface area contributed by atoms with Gasteiger partial charge in [0.2, 0.25) is 0 Å². The van der Waals surface area contributed by atoms with Crippen LogP contribution >= 0.6 is 0 Å². The molecule has 0 atom stereocenters. The van der Waals surface area contributed by atoms with Crippen molar-refractivity contribution in [2.45, 2.75) is 33.2 Å². The Bertz CT molecular complexity index is 1060. The summed E-state index contributed by atoms with van der Waals surface area (Å²) in [5.74, 6) is -0.0717. The van der Waals surface area contributed by atoms with Crippen LogP contribution in [0.15, 0.2) is 79.1 Å². The van der Waals surface area contributed by atoms with Gasteiger partial charge in [0.1, 0.15) is 0 Å². The second-order valence-electron chi connectivity index (χ2n) is 7.70. The number of benzene rings is 2. The first kappa shape index (κ1) is 22.9. The first-order chi connectivity index (χ1) is 15.5. The Morgan fingerprint density at radius 3 is 2.22 bits per heavy atom. The summed E-state index contributed by atoms with van der Waals surface area (Å²) in [6, 6.07) is 18.8. The molecule has 5 nitrogen and oxygen atoms in total. The highest BCUT2D eigenvalue weighted by Crippen LogP contribution is 2.20. The predicted octanol–water partition coefficient (Wildman–Crippen LogP) is 5.63. The lowest BCUT2D eigenvalue weighted by Crippen LogP contribution is -2.28. The standard InChI is InChI=1S/C27H28N2O3/c1-4-32-27(31)24-10-12-25(13-11-24)29(19-22-15-17-28-18-16-22)26(30)14-7-21-5-8-23(9-6-21)20(2)3/h5-18,20H,4,19H2,1-3H3/b14-7+. The van der Waals surface area contributed by atoms with Crippen LogP contribution in [-0.2, 0) is 16.1 Å². The lowest BCUT2D eigenvalue weighted by molar-refractivity contribution is -0.114. The molecule has 0 aliphatic carbocycles. The molecule has 0 unspecified atom stereocenters. The molecule has 0 bridgehead atoms. The molecule has 5 heteroatoms. The minimum absolute atomic E-state index is 0.154. The van der Waals surface area contributed by atoms with Gasteiger partial charge in [0.05, 0.1) is 18.7 Å². The SMILES string of the molecule is CCOC(=O)c1ccc(N(Cc2ccncc2)C(=O)/C=C/c2ccc(C(C)C)cc2)cc1. The van der Waals surface area contributed by atoms with Crippen LogP contribution in [-0.4, -0.2) is 23.5 Å². The third-order valence-corrected chi connectivity index (χ3v) is 5.07. The van der Waals surface area contributed by atoms with Crippen LogP contribution < -0.4 is 4.90 Å². The van der Waals surface area contributed by atoms with E-state index in [1.54, 1.807) is 54.6 Å². The van der Waals surface area contributed by atoms with Crippen molar-refractivity contribution in [3.8, 4) is 0 Å². The molecule has 3 aromatic rings. The van der Waals surface area contributed by atoms with Gasteiger partial charge in [-0.15, -0.1) is 0 Å². The number of hydrogen-bond donors (Lipinski definition) is 0. The summed E-state index contributed by atoms with van der Waals surface area (Å²) >= 11 is 0. The summed E-state index contributed by atoms with van der Waals surface area (Å²) in [7, 11) is 0. The molecule has 0 saturated heterocycles. The number of esters is 1. The fourth-order valence-corrected chi connectivity index (χ4v) is 3.21. The molecule has 0 radical (unpaired) electrons. The Hall–Kier alpha value is -3.73. The average Bonchev–Trinajstić information content (AvgIpc) is 2.82. The molecule has 2 aromatic carbocycles. The number of ether oxygens (including phenoxy) is 1. The molecule has 32 heavy (non-hydrogen) atoms. The quantitative estimate of drug-likeness (QED) is 0.345. The molecule has 0 spiro atoms.